The van der Waals surface area contributed by atoms with Crippen molar-refractivity contribution in [1.82, 2.24) is 15.1 Å². The number of hydrogen-bond donors (Lipinski definition) is 0. The smallest absolute Gasteiger partial charge is 0.0991 e. The molecule has 0 bridgehead atoms. The average molecular weight is 354 g/mol. The van der Waals surface area contributed by atoms with E-state index in [9.17, 15) is 0 Å². The fraction of sp³-hybridized carbons (Fsp3) is 0.261. The summed E-state index contributed by atoms with van der Waals surface area (Å²) in [7, 11) is 2.17. The zero-order chi connectivity index (χ0) is 18.8. The Labute approximate surface area is 160 Å². The molecule has 1 aliphatic heterocycles. The van der Waals surface area contributed by atoms with E-state index in [1.54, 1.807) is 0 Å². The molecule has 134 valence electrons. The first-order valence-corrected chi connectivity index (χ1v) is 9.26. The van der Waals surface area contributed by atoms with E-state index in [0.717, 1.165) is 36.5 Å². The first-order chi connectivity index (χ1) is 13.1. The van der Waals surface area contributed by atoms with E-state index < -0.39 is 0 Å². The number of nitrogens with zero attached hydrogens (tertiary/aromatic N) is 4. The molecular formula is C23H22N4. The summed E-state index contributed by atoms with van der Waals surface area (Å²) in [6, 6.07) is 20.9. The molecule has 0 aliphatic carbocycles. The van der Waals surface area contributed by atoms with Gasteiger partial charge in [0.05, 0.1) is 23.0 Å². The quantitative estimate of drug-likeness (QED) is 0.689. The van der Waals surface area contributed by atoms with Crippen molar-refractivity contribution >= 4 is 0 Å². The normalized spacial score (nSPS) is 17.0. The highest BCUT2D eigenvalue weighted by molar-refractivity contribution is 5.61. The van der Waals surface area contributed by atoms with E-state index in [1.165, 1.54) is 16.7 Å². The predicted octanol–water partition coefficient (Wildman–Crippen LogP) is 4.29. The van der Waals surface area contributed by atoms with E-state index in [0.29, 0.717) is 11.5 Å². The number of nitriles is 1. The van der Waals surface area contributed by atoms with Gasteiger partial charge in [-0.25, -0.2) is 0 Å². The van der Waals surface area contributed by atoms with Crippen molar-refractivity contribution in [2.24, 2.45) is 0 Å². The van der Waals surface area contributed by atoms with Crippen LogP contribution in [0.5, 0.6) is 0 Å². The molecular weight excluding hydrogens is 332 g/mol. The molecule has 1 aliphatic rings. The van der Waals surface area contributed by atoms with Crippen molar-refractivity contribution in [1.29, 1.82) is 5.26 Å². The summed E-state index contributed by atoms with van der Waals surface area (Å²) >= 11 is 0. The third kappa shape index (κ3) is 3.60. The van der Waals surface area contributed by atoms with Crippen molar-refractivity contribution in [3.05, 3.63) is 82.5 Å². The Hall–Kier alpha value is -3.03. The first kappa shape index (κ1) is 17.4. The molecule has 2 aromatic carbocycles. The Kier molecular flexibility index (Phi) is 4.70. The minimum atomic E-state index is 0.343. The lowest BCUT2D eigenvalue weighted by atomic mass is 9.85. The summed E-state index contributed by atoms with van der Waals surface area (Å²) in [5.74, 6) is 0.343. The Morgan fingerprint density at radius 3 is 2.56 bits per heavy atom. The zero-order valence-electron chi connectivity index (χ0n) is 15.7. The summed E-state index contributed by atoms with van der Waals surface area (Å²) in [6.07, 6.45) is 1.07. The topological polar surface area (TPSA) is 52.8 Å². The molecule has 3 aromatic rings. The molecule has 0 saturated carbocycles. The Morgan fingerprint density at radius 2 is 1.85 bits per heavy atom. The molecule has 0 N–H and O–H groups in total. The van der Waals surface area contributed by atoms with Gasteiger partial charge >= 0.3 is 0 Å². The van der Waals surface area contributed by atoms with Crippen molar-refractivity contribution in [2.75, 3.05) is 13.6 Å². The number of benzene rings is 2. The van der Waals surface area contributed by atoms with Crippen LogP contribution in [0.25, 0.3) is 11.3 Å². The molecule has 0 saturated heterocycles. The summed E-state index contributed by atoms with van der Waals surface area (Å²) in [5.41, 5.74) is 7.62. The monoisotopic (exact) mass is 354 g/mol. The average Bonchev–Trinajstić information content (AvgIpc) is 2.86. The largest absolute Gasteiger partial charge is 0.302 e. The fourth-order valence-corrected chi connectivity index (χ4v) is 3.81. The van der Waals surface area contributed by atoms with Gasteiger partial charge in [0, 0.05) is 18.0 Å². The first-order valence-electron chi connectivity index (χ1n) is 9.26. The predicted molar refractivity (Wildman–Crippen MR) is 106 cm³/mol. The standard InChI is InChI=1S/C23H22N4/c1-16-3-10-23(26-25-16)19-8-9-21-20(13-19)15-27(2)12-11-22(21)18-6-4-17(14-24)5-7-18/h3-10,13,22H,11-12,15H2,1-2H3. The molecule has 0 amide bonds. The molecule has 1 aromatic heterocycles. The van der Waals surface area contributed by atoms with Crippen LogP contribution in [0.4, 0.5) is 0 Å². The highest BCUT2D eigenvalue weighted by atomic mass is 15.1. The van der Waals surface area contributed by atoms with Gasteiger partial charge in [-0.2, -0.15) is 15.5 Å². The van der Waals surface area contributed by atoms with Gasteiger partial charge in [0.2, 0.25) is 0 Å². The van der Waals surface area contributed by atoms with Gasteiger partial charge in [-0.3, -0.25) is 0 Å². The second-order valence-electron chi connectivity index (χ2n) is 7.29. The van der Waals surface area contributed by atoms with Crippen molar-refractivity contribution in [3.8, 4) is 17.3 Å². The molecule has 0 spiro atoms. The number of aromatic nitrogens is 2. The van der Waals surface area contributed by atoms with Gasteiger partial charge in [-0.05, 0) is 74.0 Å². The van der Waals surface area contributed by atoms with Gasteiger partial charge < -0.3 is 4.90 Å². The van der Waals surface area contributed by atoms with Crippen LogP contribution in [-0.4, -0.2) is 28.7 Å². The van der Waals surface area contributed by atoms with Gasteiger partial charge in [-0.15, -0.1) is 0 Å². The summed E-state index contributed by atoms with van der Waals surface area (Å²) in [4.78, 5) is 2.37. The molecule has 0 radical (unpaired) electrons. The Bertz CT molecular complexity index is 984. The number of hydrogen-bond acceptors (Lipinski definition) is 4. The van der Waals surface area contributed by atoms with Crippen LogP contribution in [-0.2, 0) is 6.54 Å². The van der Waals surface area contributed by atoms with Crippen LogP contribution in [0.3, 0.4) is 0 Å². The summed E-state index contributed by atoms with van der Waals surface area (Å²) in [6.45, 7) is 3.92. The fourth-order valence-electron chi connectivity index (χ4n) is 3.81. The lowest BCUT2D eigenvalue weighted by Crippen LogP contribution is -2.17. The molecule has 0 fully saturated rings. The van der Waals surface area contributed by atoms with Crippen LogP contribution in [0.2, 0.25) is 0 Å². The number of rotatable bonds is 2. The maximum Gasteiger partial charge on any atom is 0.0991 e. The summed E-state index contributed by atoms with van der Waals surface area (Å²) < 4.78 is 0. The van der Waals surface area contributed by atoms with Crippen LogP contribution in [0.15, 0.2) is 54.6 Å². The SMILES string of the molecule is Cc1ccc(-c2ccc3c(c2)CN(C)CCC3c2ccc(C#N)cc2)nn1. The second-order valence-corrected chi connectivity index (χ2v) is 7.29. The van der Waals surface area contributed by atoms with E-state index in [-0.39, 0.29) is 0 Å². The third-order valence-corrected chi connectivity index (χ3v) is 5.29. The van der Waals surface area contributed by atoms with E-state index >= 15 is 0 Å². The van der Waals surface area contributed by atoms with Gasteiger partial charge in [0.25, 0.3) is 0 Å². The molecule has 1 unspecified atom stereocenters. The number of fused-ring (bicyclic) bond motifs is 1. The molecule has 4 rings (SSSR count). The Morgan fingerprint density at radius 1 is 1.04 bits per heavy atom. The van der Waals surface area contributed by atoms with Gasteiger partial charge in [0.15, 0.2) is 0 Å². The molecule has 2 heterocycles. The minimum Gasteiger partial charge on any atom is -0.302 e. The third-order valence-electron chi connectivity index (χ3n) is 5.29. The van der Waals surface area contributed by atoms with Gasteiger partial charge in [-0.1, -0.05) is 24.3 Å². The van der Waals surface area contributed by atoms with Crippen LogP contribution < -0.4 is 0 Å². The van der Waals surface area contributed by atoms with Crippen molar-refractivity contribution < 1.29 is 0 Å². The minimum absolute atomic E-state index is 0.343. The van der Waals surface area contributed by atoms with E-state index in [2.05, 4.69) is 58.5 Å². The lowest BCUT2D eigenvalue weighted by molar-refractivity contribution is 0.328. The Balaban J connectivity index is 1.75. The maximum atomic E-state index is 9.06. The highest BCUT2D eigenvalue weighted by Crippen LogP contribution is 2.35. The van der Waals surface area contributed by atoms with Crippen LogP contribution >= 0.6 is 0 Å². The molecule has 27 heavy (non-hydrogen) atoms. The molecule has 1 atom stereocenters. The summed E-state index contributed by atoms with van der Waals surface area (Å²) in [5, 5.41) is 17.6. The van der Waals surface area contributed by atoms with E-state index in [1.807, 2.05) is 31.2 Å². The lowest BCUT2D eigenvalue weighted by Gasteiger charge is -2.18. The molecule has 4 nitrogen and oxygen atoms in total. The van der Waals surface area contributed by atoms with Crippen LogP contribution in [0.1, 0.15) is 40.3 Å². The highest BCUT2D eigenvalue weighted by Gasteiger charge is 2.23. The van der Waals surface area contributed by atoms with Crippen molar-refractivity contribution in [2.45, 2.75) is 25.8 Å². The zero-order valence-corrected chi connectivity index (χ0v) is 15.7. The maximum absolute atomic E-state index is 9.06. The van der Waals surface area contributed by atoms with Crippen molar-refractivity contribution in [3.63, 3.8) is 0 Å². The second kappa shape index (κ2) is 7.30. The van der Waals surface area contributed by atoms with E-state index in [4.69, 9.17) is 5.26 Å². The molecule has 4 heteroatoms. The van der Waals surface area contributed by atoms with Gasteiger partial charge in [0.1, 0.15) is 0 Å². The van der Waals surface area contributed by atoms with Crippen LogP contribution in [0, 0.1) is 18.3 Å². The number of aryl methyl sites for hydroxylation is 1.